The fourth-order valence-electron chi connectivity index (χ4n) is 1.47. The Balaban J connectivity index is 2.11. The normalized spacial score (nSPS) is 11.3. The highest BCUT2D eigenvalue weighted by Crippen LogP contribution is 2.00. The van der Waals surface area contributed by atoms with Crippen molar-refractivity contribution in [3.8, 4) is 0 Å². The van der Waals surface area contributed by atoms with Gasteiger partial charge < -0.3 is 14.6 Å². The smallest absolute Gasteiger partial charge is 0.261 e. The summed E-state index contributed by atoms with van der Waals surface area (Å²) in [6.07, 6.45) is 2.28. The van der Waals surface area contributed by atoms with E-state index < -0.39 is 13.0 Å². The molecule has 0 amide bonds. The number of aryl methyl sites for hydroxylation is 1. The minimum atomic E-state index is -2.39. The van der Waals surface area contributed by atoms with Crippen molar-refractivity contribution < 1.29 is 13.5 Å². The Morgan fingerprint density at radius 1 is 1.53 bits per heavy atom. The number of alkyl halides is 2. The Morgan fingerprint density at radius 3 is 3.06 bits per heavy atom. The van der Waals surface area contributed by atoms with E-state index >= 15 is 0 Å². The summed E-state index contributed by atoms with van der Waals surface area (Å²) < 4.78 is 30.3. The number of imidazole rings is 1. The highest BCUT2D eigenvalue weighted by molar-refractivity contribution is 4.97. The van der Waals surface area contributed by atoms with E-state index in [1.54, 1.807) is 6.33 Å². The van der Waals surface area contributed by atoms with Gasteiger partial charge in [-0.05, 0) is 6.42 Å². The SMILES string of the molecule is CCCn1cncc1CNCCOCC(F)F. The summed E-state index contributed by atoms with van der Waals surface area (Å²) in [5, 5.41) is 3.13. The van der Waals surface area contributed by atoms with Gasteiger partial charge in [0.05, 0.1) is 18.6 Å². The molecule has 0 aliphatic heterocycles. The van der Waals surface area contributed by atoms with E-state index in [0.717, 1.165) is 18.7 Å². The Bertz CT molecular complexity index is 305. The first-order chi connectivity index (χ1) is 8.24. The van der Waals surface area contributed by atoms with Crippen molar-refractivity contribution in [2.45, 2.75) is 32.9 Å². The van der Waals surface area contributed by atoms with E-state index in [0.29, 0.717) is 19.7 Å². The minimum absolute atomic E-state index is 0.298. The van der Waals surface area contributed by atoms with E-state index in [4.69, 9.17) is 4.74 Å². The number of nitrogens with one attached hydrogen (secondary N) is 1. The molecule has 0 spiro atoms. The van der Waals surface area contributed by atoms with Crippen LogP contribution in [0.4, 0.5) is 8.78 Å². The molecule has 0 aliphatic rings. The van der Waals surface area contributed by atoms with Crippen LogP contribution in [-0.2, 0) is 17.8 Å². The predicted molar refractivity (Wildman–Crippen MR) is 61.0 cm³/mol. The zero-order chi connectivity index (χ0) is 12.5. The third kappa shape index (κ3) is 5.74. The zero-order valence-electron chi connectivity index (χ0n) is 10.0. The van der Waals surface area contributed by atoms with Crippen molar-refractivity contribution in [3.63, 3.8) is 0 Å². The Labute approximate surface area is 100.0 Å². The van der Waals surface area contributed by atoms with Gasteiger partial charge in [-0.3, -0.25) is 0 Å². The zero-order valence-corrected chi connectivity index (χ0v) is 10.0. The number of hydrogen-bond donors (Lipinski definition) is 1. The molecule has 17 heavy (non-hydrogen) atoms. The summed E-state index contributed by atoms with van der Waals surface area (Å²) in [6, 6.07) is 0. The van der Waals surface area contributed by atoms with Crippen LogP contribution in [0.25, 0.3) is 0 Å². The molecule has 0 fully saturated rings. The maximum absolute atomic E-state index is 11.7. The highest BCUT2D eigenvalue weighted by atomic mass is 19.3. The third-order valence-electron chi connectivity index (χ3n) is 2.24. The molecule has 6 heteroatoms. The maximum Gasteiger partial charge on any atom is 0.261 e. The predicted octanol–water partition coefficient (Wildman–Crippen LogP) is 1.66. The van der Waals surface area contributed by atoms with Crippen LogP contribution < -0.4 is 5.32 Å². The lowest BCUT2D eigenvalue weighted by Crippen LogP contribution is -2.22. The molecule has 0 aliphatic carbocycles. The van der Waals surface area contributed by atoms with Gasteiger partial charge in [-0.1, -0.05) is 6.92 Å². The lowest BCUT2D eigenvalue weighted by atomic mass is 10.4. The van der Waals surface area contributed by atoms with Crippen LogP contribution in [-0.4, -0.2) is 35.7 Å². The van der Waals surface area contributed by atoms with E-state index in [2.05, 4.69) is 21.8 Å². The van der Waals surface area contributed by atoms with Gasteiger partial charge >= 0.3 is 0 Å². The van der Waals surface area contributed by atoms with Gasteiger partial charge in [0.1, 0.15) is 6.61 Å². The molecule has 1 aromatic rings. The van der Waals surface area contributed by atoms with Crippen molar-refractivity contribution >= 4 is 0 Å². The lowest BCUT2D eigenvalue weighted by molar-refractivity contribution is 0.0187. The lowest BCUT2D eigenvalue weighted by Gasteiger charge is -2.08. The number of aromatic nitrogens is 2. The standard InChI is InChI=1S/C11H19F2N3O/c1-2-4-16-9-15-7-10(16)6-14-3-5-17-8-11(12)13/h7,9,11,14H,2-6,8H2,1H3. The van der Waals surface area contributed by atoms with Crippen LogP contribution >= 0.6 is 0 Å². The fourth-order valence-corrected chi connectivity index (χ4v) is 1.47. The van der Waals surface area contributed by atoms with Gasteiger partial charge in [-0.2, -0.15) is 0 Å². The number of halogens is 2. The number of hydrogen-bond acceptors (Lipinski definition) is 3. The summed E-state index contributed by atoms with van der Waals surface area (Å²) in [6.45, 7) is 4.10. The summed E-state index contributed by atoms with van der Waals surface area (Å²) in [4.78, 5) is 4.07. The van der Waals surface area contributed by atoms with Crippen molar-refractivity contribution in [2.75, 3.05) is 19.8 Å². The summed E-state index contributed by atoms with van der Waals surface area (Å²) in [5.41, 5.74) is 1.10. The average Bonchev–Trinajstić information content (AvgIpc) is 2.71. The number of nitrogens with zero attached hydrogens (tertiary/aromatic N) is 2. The van der Waals surface area contributed by atoms with Crippen molar-refractivity contribution in [1.29, 1.82) is 0 Å². The van der Waals surface area contributed by atoms with Crippen LogP contribution in [0.3, 0.4) is 0 Å². The molecule has 98 valence electrons. The van der Waals surface area contributed by atoms with Gasteiger partial charge in [0.25, 0.3) is 6.43 Å². The second-order valence-corrected chi connectivity index (χ2v) is 3.72. The Morgan fingerprint density at radius 2 is 2.35 bits per heavy atom. The number of ether oxygens (including phenoxy) is 1. The van der Waals surface area contributed by atoms with Gasteiger partial charge in [-0.15, -0.1) is 0 Å². The topological polar surface area (TPSA) is 39.1 Å². The molecule has 0 atom stereocenters. The van der Waals surface area contributed by atoms with Gasteiger partial charge in [0.15, 0.2) is 0 Å². The van der Waals surface area contributed by atoms with Crippen LogP contribution in [0.5, 0.6) is 0 Å². The Kier molecular flexibility index (Phi) is 6.73. The summed E-state index contributed by atoms with van der Waals surface area (Å²) in [5.74, 6) is 0. The fraction of sp³-hybridized carbons (Fsp3) is 0.727. The maximum atomic E-state index is 11.7. The minimum Gasteiger partial charge on any atom is -0.374 e. The van der Waals surface area contributed by atoms with Crippen molar-refractivity contribution in [3.05, 3.63) is 18.2 Å². The van der Waals surface area contributed by atoms with Crippen LogP contribution in [0.2, 0.25) is 0 Å². The molecule has 1 aromatic heterocycles. The van der Waals surface area contributed by atoms with Gasteiger partial charge in [0.2, 0.25) is 0 Å². The molecule has 0 saturated carbocycles. The summed E-state index contributed by atoms with van der Waals surface area (Å²) >= 11 is 0. The molecule has 0 aromatic carbocycles. The highest BCUT2D eigenvalue weighted by Gasteiger charge is 2.02. The quantitative estimate of drug-likeness (QED) is 0.675. The summed E-state index contributed by atoms with van der Waals surface area (Å²) in [7, 11) is 0. The molecule has 4 nitrogen and oxygen atoms in total. The first-order valence-electron chi connectivity index (χ1n) is 5.79. The molecule has 1 N–H and O–H groups in total. The second-order valence-electron chi connectivity index (χ2n) is 3.72. The van der Waals surface area contributed by atoms with Gasteiger partial charge in [-0.25, -0.2) is 13.8 Å². The molecule has 0 unspecified atom stereocenters. The second kappa shape index (κ2) is 8.14. The van der Waals surface area contributed by atoms with Crippen molar-refractivity contribution in [1.82, 2.24) is 14.9 Å². The molecule has 1 heterocycles. The molecule has 0 radical (unpaired) electrons. The molecular formula is C11H19F2N3O. The van der Waals surface area contributed by atoms with Crippen molar-refractivity contribution in [2.24, 2.45) is 0 Å². The van der Waals surface area contributed by atoms with E-state index in [9.17, 15) is 8.78 Å². The van der Waals surface area contributed by atoms with Crippen LogP contribution in [0.1, 0.15) is 19.0 Å². The van der Waals surface area contributed by atoms with E-state index in [1.165, 1.54) is 0 Å². The van der Waals surface area contributed by atoms with E-state index in [-0.39, 0.29) is 0 Å². The van der Waals surface area contributed by atoms with Crippen LogP contribution in [0, 0.1) is 0 Å². The largest absolute Gasteiger partial charge is 0.374 e. The monoisotopic (exact) mass is 247 g/mol. The molecular weight excluding hydrogens is 228 g/mol. The van der Waals surface area contributed by atoms with Gasteiger partial charge in [0, 0.05) is 25.8 Å². The third-order valence-corrected chi connectivity index (χ3v) is 2.24. The molecule has 0 bridgehead atoms. The average molecular weight is 247 g/mol. The van der Waals surface area contributed by atoms with E-state index in [1.807, 2.05) is 6.20 Å². The first kappa shape index (κ1) is 14.1. The molecule has 1 rings (SSSR count). The Hall–Kier alpha value is -1.01. The number of rotatable bonds is 9. The van der Waals surface area contributed by atoms with Crippen LogP contribution in [0.15, 0.2) is 12.5 Å². The molecule has 0 saturated heterocycles. The first-order valence-corrected chi connectivity index (χ1v) is 5.79.